The van der Waals surface area contributed by atoms with Gasteiger partial charge in [-0.3, -0.25) is 9.36 Å². The average molecular weight is 341 g/mol. The first kappa shape index (κ1) is 17.1. The summed E-state index contributed by atoms with van der Waals surface area (Å²) in [5.41, 5.74) is 0.809. The Labute approximate surface area is 146 Å². The summed E-state index contributed by atoms with van der Waals surface area (Å²) in [5.74, 6) is 1.18. The molecule has 0 aromatic carbocycles. The maximum atomic E-state index is 12.6. The van der Waals surface area contributed by atoms with Crippen LogP contribution < -0.4 is 10.6 Å². The van der Waals surface area contributed by atoms with E-state index in [0.717, 1.165) is 25.2 Å². The van der Waals surface area contributed by atoms with Crippen molar-refractivity contribution in [1.82, 2.24) is 19.4 Å². The summed E-state index contributed by atoms with van der Waals surface area (Å²) in [6.07, 6.45) is 6.86. The molecule has 0 spiro atoms. The maximum Gasteiger partial charge on any atom is 0.347 e. The topological polar surface area (TPSA) is 71.3 Å². The molecule has 0 radical (unpaired) electrons. The van der Waals surface area contributed by atoms with Crippen LogP contribution in [-0.4, -0.2) is 52.5 Å². The molecule has 132 valence electrons. The van der Waals surface area contributed by atoms with E-state index in [0.29, 0.717) is 12.5 Å². The van der Waals surface area contributed by atoms with Gasteiger partial charge in [0, 0.05) is 51.7 Å². The minimum absolute atomic E-state index is 0.0401. The van der Waals surface area contributed by atoms with Crippen molar-refractivity contribution in [1.29, 1.82) is 0 Å². The van der Waals surface area contributed by atoms with E-state index in [1.54, 1.807) is 12.3 Å². The molecule has 0 bridgehead atoms. The van der Waals surface area contributed by atoms with Crippen LogP contribution in [0.15, 0.2) is 41.6 Å². The lowest BCUT2D eigenvalue weighted by Gasteiger charge is -2.33. The number of carbonyl (C=O) groups excluding carboxylic acids is 1. The van der Waals surface area contributed by atoms with Crippen LogP contribution in [0.25, 0.3) is 0 Å². The van der Waals surface area contributed by atoms with Crippen LogP contribution in [-0.2, 0) is 11.3 Å². The Morgan fingerprint density at radius 3 is 2.92 bits per heavy atom. The van der Waals surface area contributed by atoms with Crippen LogP contribution in [0.1, 0.15) is 24.3 Å². The van der Waals surface area contributed by atoms with Crippen molar-refractivity contribution in [3.05, 3.63) is 52.8 Å². The van der Waals surface area contributed by atoms with Crippen molar-refractivity contribution < 1.29 is 4.79 Å². The number of carbonyl (C=O) groups is 1. The van der Waals surface area contributed by atoms with Gasteiger partial charge in [0.05, 0.1) is 0 Å². The summed E-state index contributed by atoms with van der Waals surface area (Å²) in [7, 11) is 3.93. The van der Waals surface area contributed by atoms with Crippen LogP contribution >= 0.6 is 0 Å². The molecular weight excluding hydrogens is 318 g/mol. The second-order valence-electron chi connectivity index (χ2n) is 6.55. The Hall–Kier alpha value is -2.70. The minimum atomic E-state index is -0.394. The van der Waals surface area contributed by atoms with Gasteiger partial charge >= 0.3 is 5.69 Å². The molecule has 1 unspecified atom stereocenters. The molecule has 2 aromatic rings. The number of hydrogen-bond donors (Lipinski definition) is 0. The number of aromatic nitrogens is 3. The molecule has 7 heteroatoms. The van der Waals surface area contributed by atoms with Crippen molar-refractivity contribution in [2.75, 3.05) is 32.1 Å². The number of hydrogen-bond acceptors (Lipinski definition) is 5. The van der Waals surface area contributed by atoms with Gasteiger partial charge in [0.2, 0.25) is 5.91 Å². The summed E-state index contributed by atoms with van der Waals surface area (Å²) in [6, 6.07) is 5.77. The molecule has 1 atom stereocenters. The van der Waals surface area contributed by atoms with Gasteiger partial charge in [-0.25, -0.2) is 14.8 Å². The molecule has 0 saturated carbocycles. The fraction of sp³-hybridized carbons (Fsp3) is 0.444. The highest BCUT2D eigenvalue weighted by atomic mass is 16.2. The van der Waals surface area contributed by atoms with Crippen LogP contribution in [0.5, 0.6) is 0 Å². The van der Waals surface area contributed by atoms with E-state index in [1.807, 2.05) is 36.2 Å². The Morgan fingerprint density at radius 1 is 1.32 bits per heavy atom. The normalized spacial score (nSPS) is 17.4. The molecule has 3 rings (SSSR count). The Balaban J connectivity index is 1.70. The molecule has 0 aliphatic carbocycles. The highest BCUT2D eigenvalue weighted by Crippen LogP contribution is 2.28. The van der Waals surface area contributed by atoms with E-state index in [4.69, 9.17) is 0 Å². The first-order valence-electron chi connectivity index (χ1n) is 8.47. The minimum Gasteiger partial charge on any atom is -0.363 e. The van der Waals surface area contributed by atoms with Gasteiger partial charge in [-0.1, -0.05) is 0 Å². The number of nitrogens with zero attached hydrogens (tertiary/aromatic N) is 5. The van der Waals surface area contributed by atoms with Crippen LogP contribution in [0.4, 0.5) is 5.82 Å². The van der Waals surface area contributed by atoms with E-state index in [2.05, 4.69) is 16.0 Å². The zero-order valence-electron chi connectivity index (χ0n) is 14.6. The third-order valence-electron chi connectivity index (χ3n) is 4.56. The SMILES string of the molecule is CN(C)c1cc(C2CCCN(C(=O)Cn3cccnc3=O)C2)ccn1. The zero-order chi connectivity index (χ0) is 17.8. The number of pyridine rings is 1. The van der Waals surface area contributed by atoms with Gasteiger partial charge in [-0.15, -0.1) is 0 Å². The number of piperidine rings is 1. The van der Waals surface area contributed by atoms with Crippen molar-refractivity contribution in [3.63, 3.8) is 0 Å². The quantitative estimate of drug-likeness (QED) is 0.833. The van der Waals surface area contributed by atoms with E-state index in [-0.39, 0.29) is 12.5 Å². The second-order valence-corrected chi connectivity index (χ2v) is 6.55. The van der Waals surface area contributed by atoms with E-state index >= 15 is 0 Å². The van der Waals surface area contributed by atoms with Crippen molar-refractivity contribution >= 4 is 11.7 Å². The molecule has 25 heavy (non-hydrogen) atoms. The Kier molecular flexibility index (Phi) is 5.11. The molecule has 2 aromatic heterocycles. The predicted octanol–water partition coefficient (Wildman–Crippen LogP) is 1.11. The molecule has 0 N–H and O–H groups in total. The fourth-order valence-corrected chi connectivity index (χ4v) is 3.16. The highest BCUT2D eigenvalue weighted by Gasteiger charge is 2.25. The van der Waals surface area contributed by atoms with Gasteiger partial charge in [0.1, 0.15) is 12.4 Å². The fourth-order valence-electron chi connectivity index (χ4n) is 3.16. The third-order valence-corrected chi connectivity index (χ3v) is 4.56. The van der Waals surface area contributed by atoms with Gasteiger partial charge in [0.25, 0.3) is 0 Å². The molecule has 1 aliphatic rings. The van der Waals surface area contributed by atoms with Crippen molar-refractivity contribution in [2.45, 2.75) is 25.3 Å². The molecule has 1 amide bonds. The maximum absolute atomic E-state index is 12.6. The first-order valence-corrected chi connectivity index (χ1v) is 8.47. The largest absolute Gasteiger partial charge is 0.363 e. The third kappa shape index (κ3) is 4.04. The summed E-state index contributed by atoms with van der Waals surface area (Å²) in [6.45, 7) is 1.44. The molecule has 7 nitrogen and oxygen atoms in total. The molecule has 3 heterocycles. The van der Waals surface area contributed by atoms with Gasteiger partial charge < -0.3 is 9.80 Å². The average Bonchev–Trinajstić information content (AvgIpc) is 2.64. The lowest BCUT2D eigenvalue weighted by Crippen LogP contribution is -2.42. The van der Waals surface area contributed by atoms with Crippen molar-refractivity contribution in [2.24, 2.45) is 0 Å². The van der Waals surface area contributed by atoms with Gasteiger partial charge in [0.15, 0.2) is 0 Å². The number of amides is 1. The van der Waals surface area contributed by atoms with Gasteiger partial charge in [-0.2, -0.15) is 0 Å². The molecular formula is C18H23N5O2. The van der Waals surface area contributed by atoms with Crippen molar-refractivity contribution in [3.8, 4) is 0 Å². The molecule has 1 fully saturated rings. The van der Waals surface area contributed by atoms with E-state index < -0.39 is 5.69 Å². The molecule has 1 saturated heterocycles. The Bertz CT molecular complexity index is 802. The summed E-state index contributed by atoms with van der Waals surface area (Å²) in [5, 5.41) is 0. The predicted molar refractivity (Wildman–Crippen MR) is 95.6 cm³/mol. The zero-order valence-corrected chi connectivity index (χ0v) is 14.6. The lowest BCUT2D eigenvalue weighted by atomic mass is 9.91. The first-order chi connectivity index (χ1) is 12.0. The van der Waals surface area contributed by atoms with Crippen LogP contribution in [0.3, 0.4) is 0 Å². The number of rotatable bonds is 4. The lowest BCUT2D eigenvalue weighted by molar-refractivity contribution is -0.133. The van der Waals surface area contributed by atoms with E-state index in [1.165, 1.54) is 16.3 Å². The number of likely N-dealkylation sites (tertiary alicyclic amines) is 1. The standard InChI is InChI=1S/C18H23N5O2/c1-21(2)16-11-14(6-8-19-16)15-5-3-9-22(12-15)17(24)13-23-10-4-7-20-18(23)25/h4,6-8,10-11,15H,3,5,9,12-13H2,1-2H3. The summed E-state index contributed by atoms with van der Waals surface area (Å²) >= 11 is 0. The second kappa shape index (κ2) is 7.46. The smallest absolute Gasteiger partial charge is 0.347 e. The molecule has 1 aliphatic heterocycles. The summed E-state index contributed by atoms with van der Waals surface area (Å²) in [4.78, 5) is 36.2. The van der Waals surface area contributed by atoms with Crippen LogP contribution in [0, 0.1) is 0 Å². The highest BCUT2D eigenvalue weighted by molar-refractivity contribution is 5.76. The number of anilines is 1. The Morgan fingerprint density at radius 2 is 2.16 bits per heavy atom. The van der Waals surface area contributed by atoms with Crippen LogP contribution in [0.2, 0.25) is 0 Å². The summed E-state index contributed by atoms with van der Waals surface area (Å²) < 4.78 is 1.35. The van der Waals surface area contributed by atoms with Gasteiger partial charge in [-0.05, 0) is 36.6 Å². The monoisotopic (exact) mass is 341 g/mol. The van der Waals surface area contributed by atoms with E-state index in [9.17, 15) is 9.59 Å².